The smallest absolute Gasteiger partial charge is 0.143 e. The first-order chi connectivity index (χ1) is 9.21. The Bertz CT molecular complexity index is 191. The molecule has 2 aliphatic rings. The maximum Gasteiger partial charge on any atom is 0.143 e. The van der Waals surface area contributed by atoms with Crippen LogP contribution in [0.5, 0.6) is 0 Å². The number of hydrogen-bond acceptors (Lipinski definition) is 0. The summed E-state index contributed by atoms with van der Waals surface area (Å²) in [6, 6.07) is 0. The van der Waals surface area contributed by atoms with Crippen molar-refractivity contribution in [1.82, 2.24) is 0 Å². The van der Waals surface area contributed by atoms with Gasteiger partial charge in [0.2, 0.25) is 0 Å². The molecule has 362 valence electrons. The van der Waals surface area contributed by atoms with Crippen molar-refractivity contribution in [2.75, 3.05) is 0 Å². The first-order valence-electron chi connectivity index (χ1n) is 9.21. The van der Waals surface area contributed by atoms with Gasteiger partial charge in [0.15, 0.2) is 0 Å². The molecule has 2 rings (SSSR count). The van der Waals surface area contributed by atoms with Crippen molar-refractivity contribution < 1.29 is 2160 Å². The van der Waals surface area contributed by atoms with Crippen LogP contribution >= 0.6 is 0 Å². The molecular formula is C24H62BY66-3. The van der Waals surface area contributed by atoms with Crippen molar-refractivity contribution >= 4 is 6.71 Å². The Morgan fingerprint density at radius 1 is 0.165 bits per heavy atom. The summed E-state index contributed by atoms with van der Waals surface area (Å²) < 4.78 is 0. The molecule has 0 spiro atoms. The molecule has 0 aromatic heterocycles. The zero-order chi connectivity index (χ0) is 14.9. The van der Waals surface area contributed by atoms with Crippen LogP contribution < -0.4 is 0 Å². The average molecular weight is 6230 g/mol. The summed E-state index contributed by atoms with van der Waals surface area (Å²) in [7, 11) is 0. The predicted octanol–water partition coefficient (Wildman–Crippen LogP) is 10.6. The summed E-state index contributed by atoms with van der Waals surface area (Å²) in [5, 5.41) is 0. The molecule has 0 saturated carbocycles. The maximum absolute atomic E-state index is 2.12. The average Bonchev–Trinajstić information content (AvgIpc) is 2.42. The van der Waals surface area contributed by atoms with Crippen LogP contribution in [0.2, 0.25) is 18.5 Å². The van der Waals surface area contributed by atoms with Crippen LogP contribution in [0.4, 0.5) is 0 Å². The Kier molecular flexibility index (Phi) is 3120. The first-order valence-corrected chi connectivity index (χ1v) is 9.21. The van der Waals surface area contributed by atoms with E-state index in [0.717, 1.165) is 12.5 Å². The standard InChI is InChI=1S/C9H17B.3C3H8.3CH4.3CH3.66Y/c1-3-7-10-8-4-2-6-9(10)5-1;3*1-3-2;;;;;;;;;;;;;;;;;;;;;;;;;;;;;;;;;;;;;;;;;;;;;;;;;;;;;;;;;;;;;;;;;;;;;;;;/h9H,1-8H2;3*3H2,1-2H3;3*1H4;3*1H3;;;;;;;;;;;;;;;;;;;;;;;;;;;;;;;;;;;;;;;;;;;;;;;;;;;;;;;;;;;;;;;;;;/q;;;;;;;3*-1;;;;;;;;;;;;;;;;;;;;;;;;;;;;;;;;;;;;;;;;;;;;;;;;;;;;;;;;;;;;;;;;;;. The van der Waals surface area contributed by atoms with Gasteiger partial charge in [0.1, 0.15) is 6.71 Å². The second kappa shape index (κ2) is 528. The second-order valence-electron chi connectivity index (χ2n) is 6.21. The van der Waals surface area contributed by atoms with Gasteiger partial charge in [-0.25, -0.2) is 0 Å². The van der Waals surface area contributed by atoms with Gasteiger partial charge in [-0.1, -0.05) is 140 Å². The molecule has 0 aromatic carbocycles. The van der Waals surface area contributed by atoms with Crippen LogP contribution in [0.15, 0.2) is 0 Å². The summed E-state index contributed by atoms with van der Waals surface area (Å²) in [5.74, 6) is 1.16. The van der Waals surface area contributed by atoms with Gasteiger partial charge < -0.3 is 22.3 Å². The molecule has 2 heterocycles. The molecule has 0 N–H and O–H groups in total. The van der Waals surface area contributed by atoms with E-state index in [0.29, 0.717) is 0 Å². The minimum absolute atomic E-state index is 0. The third kappa shape index (κ3) is 510. The Labute approximate surface area is 2240 Å². The first kappa shape index (κ1) is 538. The van der Waals surface area contributed by atoms with Crippen molar-refractivity contribution in [3.63, 3.8) is 0 Å². The molecule has 0 nitrogen and oxygen atoms in total. The van der Waals surface area contributed by atoms with Crippen LogP contribution in [-0.2, 0) is 2160 Å². The maximum atomic E-state index is 2.12. The quantitative estimate of drug-likeness (QED) is 0.168. The van der Waals surface area contributed by atoms with E-state index in [1.54, 1.807) is 25.5 Å². The molecule has 0 aliphatic carbocycles. The molecule has 2 aliphatic heterocycles. The van der Waals surface area contributed by atoms with Crippen molar-refractivity contribution in [3.8, 4) is 0 Å². The number of rotatable bonds is 0. The fraction of sp³-hybridized carbons (Fsp3) is 0.875. The van der Waals surface area contributed by atoms with Gasteiger partial charge >= 0.3 is 0 Å². The molecule has 91 heavy (non-hydrogen) atoms. The zero-order valence-electron chi connectivity index (χ0n) is 56.0. The second-order valence-corrected chi connectivity index (χ2v) is 6.21. The molecule has 0 unspecified atom stereocenters. The van der Waals surface area contributed by atoms with Crippen molar-refractivity contribution in [3.05, 3.63) is 22.3 Å². The molecule has 0 aromatic rings. The molecule has 67 heteroatoms. The van der Waals surface area contributed by atoms with Crippen molar-refractivity contribution in [2.24, 2.45) is 0 Å². The Morgan fingerprint density at radius 3 is 0.286 bits per heavy atom. The monoisotopic (exact) mass is 6230 g/mol. The predicted molar refractivity (Wildman–Crippen MR) is 134 cm³/mol. The Hall–Kier alpha value is 72.9. The molecular weight excluding hydrogens is 6170 g/mol. The summed E-state index contributed by atoms with van der Waals surface area (Å²) >= 11 is 0. The number of hydrogen-bond donors (Lipinski definition) is 0. The summed E-state index contributed by atoms with van der Waals surface area (Å²) in [6.07, 6.45) is 16.1. The Morgan fingerprint density at radius 2 is 0.231 bits per heavy atom. The van der Waals surface area contributed by atoms with Crippen LogP contribution in [-0.4, -0.2) is 6.71 Å². The van der Waals surface area contributed by atoms with Crippen LogP contribution in [0, 0.1) is 22.3 Å². The van der Waals surface area contributed by atoms with Gasteiger partial charge in [-0.15, -0.1) is 0 Å². The topological polar surface area (TPSA) is 0 Å². The van der Waals surface area contributed by atoms with Crippen molar-refractivity contribution in [1.29, 1.82) is 0 Å². The molecule has 2 saturated heterocycles. The summed E-state index contributed by atoms with van der Waals surface area (Å²) in [6.45, 7) is 13.9. The van der Waals surface area contributed by atoms with E-state index >= 15 is 0 Å². The third-order valence-corrected chi connectivity index (χ3v) is 3.47. The largest absolute Gasteiger partial charge is 0.358 e. The van der Waals surface area contributed by atoms with E-state index in [1.165, 1.54) is 44.9 Å². The van der Waals surface area contributed by atoms with E-state index in [9.17, 15) is 0 Å². The fourth-order valence-electron chi connectivity index (χ4n) is 2.86. The van der Waals surface area contributed by atoms with Gasteiger partial charge in [-0.05, 0) is 0 Å². The van der Waals surface area contributed by atoms with E-state index < -0.39 is 0 Å². The Balaban J connectivity index is -0.000000000482. The zero-order valence-corrected chi connectivity index (χ0v) is 243. The van der Waals surface area contributed by atoms with Crippen LogP contribution in [0.1, 0.15) is 122 Å². The summed E-state index contributed by atoms with van der Waals surface area (Å²) in [5.41, 5.74) is 0. The van der Waals surface area contributed by atoms with Crippen LogP contribution in [0.25, 0.3) is 0 Å². The molecule has 0 amide bonds. The van der Waals surface area contributed by atoms with E-state index in [1.807, 2.05) is 0 Å². The van der Waals surface area contributed by atoms with Gasteiger partial charge in [0.05, 0.1) is 0 Å². The molecule has 66 radical (unpaired) electrons. The van der Waals surface area contributed by atoms with Gasteiger partial charge in [0, 0.05) is 2160 Å². The van der Waals surface area contributed by atoms with E-state index in [4.69, 9.17) is 0 Å². The minimum Gasteiger partial charge on any atom is -0.358 e. The fourth-order valence-corrected chi connectivity index (χ4v) is 2.86. The molecule has 0 bridgehead atoms. The molecule has 2 fully saturated rings. The van der Waals surface area contributed by atoms with Crippen molar-refractivity contribution in [2.45, 2.75) is 140 Å². The van der Waals surface area contributed by atoms with E-state index in [2.05, 4.69) is 41.5 Å². The van der Waals surface area contributed by atoms with E-state index in [-0.39, 0.29) is 2200 Å². The van der Waals surface area contributed by atoms with Gasteiger partial charge in [-0.3, -0.25) is 0 Å². The number of fused-ring (bicyclic) bond motifs is 1. The molecule has 0 atom stereocenters. The van der Waals surface area contributed by atoms with Gasteiger partial charge in [-0.2, -0.15) is 0 Å². The van der Waals surface area contributed by atoms with Crippen LogP contribution in [0.3, 0.4) is 0 Å². The SMILES string of the molecule is C.C.C.C1CCC2CCCCB2C1.CCC.CCC.CCC.[CH3-].[CH3-].[CH3-].[Y].[Y].[Y].[Y].[Y].[Y].[Y].[Y].[Y].[Y].[Y].[Y].[Y].[Y].[Y].[Y].[Y].[Y].[Y].[Y].[Y].[Y].[Y].[Y].[Y].[Y].[Y].[Y].[Y].[Y].[Y].[Y].[Y].[Y].[Y].[Y].[Y].[Y].[Y].[Y].[Y].[Y].[Y].[Y].[Y].[Y].[Y].[Y].[Y].[Y].[Y].[Y].[Y].[Y].[Y].[Y].[Y].[Y].[Y].[Y].[Y].[Y].[Y].[Y].[Y].[Y]. The minimum atomic E-state index is 0. The third-order valence-electron chi connectivity index (χ3n) is 3.47. The summed E-state index contributed by atoms with van der Waals surface area (Å²) in [4.78, 5) is 0. The van der Waals surface area contributed by atoms with Gasteiger partial charge in [0.25, 0.3) is 0 Å². The normalized spacial score (nSPS) is 3.69.